The Balaban J connectivity index is 2.32. The van der Waals surface area contributed by atoms with E-state index in [0.717, 1.165) is 29.2 Å². The summed E-state index contributed by atoms with van der Waals surface area (Å²) in [6.45, 7) is 9.62. The molecule has 0 aliphatic rings. The van der Waals surface area contributed by atoms with Gasteiger partial charge in [0.2, 0.25) is 0 Å². The summed E-state index contributed by atoms with van der Waals surface area (Å²) in [6, 6.07) is 14.0. The van der Waals surface area contributed by atoms with Crippen molar-refractivity contribution in [3.05, 3.63) is 59.7 Å². The number of anilines is 1. The maximum Gasteiger partial charge on any atom is 0.329 e. The fourth-order valence-corrected chi connectivity index (χ4v) is 3.75. The molecule has 0 radical (unpaired) electrons. The molecule has 2 rings (SSSR count). The van der Waals surface area contributed by atoms with Gasteiger partial charge in [-0.25, -0.2) is 10.2 Å². The Morgan fingerprint density at radius 2 is 1.73 bits per heavy atom. The molecular formula is C23H31N3O3S. The quantitative estimate of drug-likeness (QED) is 0.335. The van der Waals surface area contributed by atoms with Crippen LogP contribution in [0.5, 0.6) is 0 Å². The van der Waals surface area contributed by atoms with Gasteiger partial charge in [0.05, 0.1) is 6.10 Å². The maximum atomic E-state index is 12.8. The molecule has 0 aliphatic heterocycles. The average Bonchev–Trinajstić information content (AvgIpc) is 2.75. The number of hydrogen-bond donors (Lipinski definition) is 2. The molecule has 0 heterocycles. The molecule has 0 aliphatic carbocycles. The normalized spacial score (nSPS) is 11.8. The van der Waals surface area contributed by atoms with Crippen molar-refractivity contribution >= 4 is 29.3 Å². The number of amides is 1. The topological polar surface area (TPSA) is 70.7 Å². The van der Waals surface area contributed by atoms with Gasteiger partial charge in [0.25, 0.3) is 5.91 Å². The second kappa shape index (κ2) is 11.6. The second-order valence-electron chi connectivity index (χ2n) is 6.98. The summed E-state index contributed by atoms with van der Waals surface area (Å²) in [5, 5.41) is 0. The monoisotopic (exact) mass is 429 g/mol. The van der Waals surface area contributed by atoms with Crippen molar-refractivity contribution < 1.29 is 14.3 Å². The van der Waals surface area contributed by atoms with E-state index in [1.165, 1.54) is 0 Å². The van der Waals surface area contributed by atoms with Gasteiger partial charge >= 0.3 is 5.97 Å². The van der Waals surface area contributed by atoms with Crippen molar-refractivity contribution in [1.82, 2.24) is 10.9 Å². The van der Waals surface area contributed by atoms with Gasteiger partial charge in [-0.3, -0.25) is 10.2 Å². The number of hydrazine groups is 1. The Morgan fingerprint density at radius 1 is 1.07 bits per heavy atom. The third kappa shape index (κ3) is 6.24. The molecule has 30 heavy (non-hydrogen) atoms. The maximum absolute atomic E-state index is 12.8. The summed E-state index contributed by atoms with van der Waals surface area (Å²) in [7, 11) is 0. The van der Waals surface area contributed by atoms with Crippen LogP contribution in [0.3, 0.4) is 0 Å². The van der Waals surface area contributed by atoms with Crippen LogP contribution in [0.4, 0.5) is 5.69 Å². The van der Waals surface area contributed by atoms with E-state index in [1.54, 1.807) is 49.9 Å². The Kier molecular flexibility index (Phi) is 9.20. The molecule has 0 aromatic heterocycles. The zero-order chi connectivity index (χ0) is 22.1. The smallest absolute Gasteiger partial charge is 0.329 e. The molecule has 7 heteroatoms. The second-order valence-corrected chi connectivity index (χ2v) is 7.83. The predicted molar refractivity (Wildman–Crippen MR) is 123 cm³/mol. The molecule has 162 valence electrons. The molecule has 2 N–H and O–H groups in total. The number of carbonyl (C=O) groups excluding carboxylic acids is 2. The molecular weight excluding hydrogens is 398 g/mol. The summed E-state index contributed by atoms with van der Waals surface area (Å²) >= 11 is 1.56. The van der Waals surface area contributed by atoms with Crippen LogP contribution in [-0.2, 0) is 9.53 Å². The van der Waals surface area contributed by atoms with E-state index in [2.05, 4.69) is 35.7 Å². The fraction of sp³-hybridized carbons (Fsp3) is 0.391. The first kappa shape index (κ1) is 23.8. The minimum absolute atomic E-state index is 0.265. The third-order valence-electron chi connectivity index (χ3n) is 4.61. The van der Waals surface area contributed by atoms with Crippen LogP contribution >= 0.6 is 11.8 Å². The first-order valence-electron chi connectivity index (χ1n) is 10.2. The van der Waals surface area contributed by atoms with Gasteiger partial charge in [0.1, 0.15) is 6.04 Å². The number of benzene rings is 2. The summed E-state index contributed by atoms with van der Waals surface area (Å²) < 4.78 is 5.45. The van der Waals surface area contributed by atoms with Gasteiger partial charge in [0, 0.05) is 29.2 Å². The zero-order valence-electron chi connectivity index (χ0n) is 18.3. The van der Waals surface area contributed by atoms with Gasteiger partial charge in [-0.1, -0.05) is 24.3 Å². The lowest BCUT2D eigenvalue weighted by Gasteiger charge is -2.25. The van der Waals surface area contributed by atoms with Gasteiger partial charge in [-0.05, 0) is 63.8 Å². The number of ether oxygens (including phenoxy) is 1. The first-order chi connectivity index (χ1) is 14.4. The lowest BCUT2D eigenvalue weighted by Crippen LogP contribution is -2.44. The van der Waals surface area contributed by atoms with E-state index in [9.17, 15) is 9.59 Å². The molecule has 1 atom stereocenters. The van der Waals surface area contributed by atoms with Crippen molar-refractivity contribution in [2.45, 2.75) is 44.7 Å². The number of esters is 1. The molecule has 0 bridgehead atoms. The number of thioether (sulfide) groups is 1. The van der Waals surface area contributed by atoms with Gasteiger partial charge in [-0.15, -0.1) is 11.8 Å². The van der Waals surface area contributed by atoms with Crippen molar-refractivity contribution in [1.29, 1.82) is 0 Å². The lowest BCUT2D eigenvalue weighted by atomic mass is 10.1. The highest BCUT2D eigenvalue weighted by Gasteiger charge is 2.26. The summed E-state index contributed by atoms with van der Waals surface area (Å²) in [5.41, 5.74) is 7.90. The number of nitrogens with one attached hydrogen (secondary N) is 2. The standard InChI is InChI=1S/C23H31N3O3S/c1-6-26(7-2)18-13-14-19(20(15-18)30-5)21(23(28)29-16(3)4)24-25-22(27)17-11-9-8-10-12-17/h8-16,21,24H,6-7H2,1-5H3,(H,25,27)/t21-/m0/s1. The highest BCUT2D eigenvalue weighted by molar-refractivity contribution is 7.98. The van der Waals surface area contributed by atoms with E-state index >= 15 is 0 Å². The van der Waals surface area contributed by atoms with Crippen LogP contribution in [-0.4, -0.2) is 37.3 Å². The average molecular weight is 430 g/mol. The molecule has 2 aromatic carbocycles. The Morgan fingerprint density at radius 3 is 2.30 bits per heavy atom. The number of hydrogen-bond acceptors (Lipinski definition) is 6. The summed E-state index contributed by atoms with van der Waals surface area (Å²) in [4.78, 5) is 28.5. The molecule has 2 aromatic rings. The van der Waals surface area contributed by atoms with Gasteiger partial charge < -0.3 is 9.64 Å². The van der Waals surface area contributed by atoms with Gasteiger partial charge in [-0.2, -0.15) is 0 Å². The molecule has 0 fully saturated rings. The predicted octanol–water partition coefficient (Wildman–Crippen LogP) is 4.18. The molecule has 0 saturated heterocycles. The van der Waals surface area contributed by atoms with Crippen LogP contribution in [0.1, 0.15) is 49.7 Å². The molecule has 1 amide bonds. The number of rotatable bonds is 10. The minimum Gasteiger partial charge on any atom is -0.462 e. The Bertz CT molecular complexity index is 839. The Hall–Kier alpha value is -2.51. The van der Waals surface area contributed by atoms with Crippen LogP contribution in [0, 0.1) is 0 Å². The van der Waals surface area contributed by atoms with E-state index in [0.29, 0.717) is 5.56 Å². The summed E-state index contributed by atoms with van der Waals surface area (Å²) in [6.07, 6.45) is 1.71. The van der Waals surface area contributed by atoms with Crippen molar-refractivity contribution in [3.8, 4) is 0 Å². The molecule has 0 saturated carbocycles. The zero-order valence-corrected chi connectivity index (χ0v) is 19.1. The molecule has 0 unspecified atom stereocenters. The Labute approximate surface area is 183 Å². The van der Waals surface area contributed by atoms with Crippen molar-refractivity contribution in [3.63, 3.8) is 0 Å². The van der Waals surface area contributed by atoms with Gasteiger partial charge in [0.15, 0.2) is 0 Å². The van der Waals surface area contributed by atoms with E-state index < -0.39 is 12.0 Å². The largest absolute Gasteiger partial charge is 0.462 e. The van der Waals surface area contributed by atoms with Crippen LogP contribution in [0.2, 0.25) is 0 Å². The van der Waals surface area contributed by atoms with E-state index in [4.69, 9.17) is 4.74 Å². The number of carbonyl (C=O) groups is 2. The third-order valence-corrected chi connectivity index (χ3v) is 5.40. The summed E-state index contributed by atoms with van der Waals surface area (Å²) in [5.74, 6) is -0.757. The fourth-order valence-electron chi connectivity index (χ4n) is 3.09. The molecule has 6 nitrogen and oxygen atoms in total. The highest BCUT2D eigenvalue weighted by atomic mass is 32.2. The number of nitrogens with zero attached hydrogens (tertiary/aromatic N) is 1. The highest BCUT2D eigenvalue weighted by Crippen LogP contribution is 2.31. The van der Waals surface area contributed by atoms with E-state index in [-0.39, 0.29) is 12.0 Å². The van der Waals surface area contributed by atoms with E-state index in [1.807, 2.05) is 24.5 Å². The first-order valence-corrected chi connectivity index (χ1v) is 11.4. The SMILES string of the molecule is CCN(CC)c1ccc([C@H](NNC(=O)c2ccccc2)C(=O)OC(C)C)c(SC)c1. The van der Waals surface area contributed by atoms with Crippen molar-refractivity contribution in [2.75, 3.05) is 24.2 Å². The molecule has 0 spiro atoms. The van der Waals surface area contributed by atoms with Crippen LogP contribution < -0.4 is 15.8 Å². The minimum atomic E-state index is -0.826. The van der Waals surface area contributed by atoms with Crippen LogP contribution in [0.15, 0.2) is 53.4 Å². The van der Waals surface area contributed by atoms with Crippen molar-refractivity contribution in [2.24, 2.45) is 0 Å². The lowest BCUT2D eigenvalue weighted by molar-refractivity contribution is -0.150. The van der Waals surface area contributed by atoms with Crippen LogP contribution in [0.25, 0.3) is 0 Å².